The van der Waals surface area contributed by atoms with Crippen molar-refractivity contribution in [2.24, 2.45) is 16.8 Å². The van der Waals surface area contributed by atoms with E-state index in [4.69, 9.17) is 0 Å². The molecular weight excluding hydrogens is 260 g/mol. The van der Waals surface area contributed by atoms with Crippen LogP contribution in [0, 0.1) is 11.8 Å². The molecule has 0 radical (unpaired) electrons. The Labute approximate surface area is 131 Å². The standard InChI is InChI=1S/C17H36N4/c1-14(2)16(4)20-17(18-5)19-10-6-7-11-21-12-8-15(3)9-13-21/h14-16H,6-13H2,1-5H3,(H2,18,19,20). The molecule has 2 N–H and O–H groups in total. The third-order valence-corrected chi connectivity index (χ3v) is 4.66. The number of aliphatic imine (C=N–C) groups is 1. The highest BCUT2D eigenvalue weighted by atomic mass is 15.2. The normalized spacial score (nSPS) is 19.8. The van der Waals surface area contributed by atoms with Gasteiger partial charge in [0.1, 0.15) is 0 Å². The summed E-state index contributed by atoms with van der Waals surface area (Å²) >= 11 is 0. The Bertz CT molecular complexity index is 293. The van der Waals surface area contributed by atoms with Crippen molar-refractivity contribution in [3.05, 3.63) is 0 Å². The zero-order valence-electron chi connectivity index (χ0n) is 14.8. The van der Waals surface area contributed by atoms with E-state index in [0.717, 1.165) is 18.4 Å². The SMILES string of the molecule is CN=C(NCCCCN1CCC(C)CC1)NC(C)C(C)C. The number of likely N-dealkylation sites (tertiary alicyclic amines) is 1. The first-order valence-corrected chi connectivity index (χ1v) is 8.72. The maximum atomic E-state index is 4.29. The van der Waals surface area contributed by atoms with Crippen LogP contribution in [-0.4, -0.2) is 50.1 Å². The Morgan fingerprint density at radius 1 is 1.19 bits per heavy atom. The van der Waals surface area contributed by atoms with Crippen LogP contribution in [0.4, 0.5) is 0 Å². The minimum atomic E-state index is 0.450. The van der Waals surface area contributed by atoms with E-state index < -0.39 is 0 Å². The van der Waals surface area contributed by atoms with Crippen LogP contribution < -0.4 is 10.6 Å². The van der Waals surface area contributed by atoms with Crippen molar-refractivity contribution in [2.45, 2.75) is 59.4 Å². The van der Waals surface area contributed by atoms with E-state index in [-0.39, 0.29) is 0 Å². The van der Waals surface area contributed by atoms with Crippen LogP contribution in [0.15, 0.2) is 4.99 Å². The van der Waals surface area contributed by atoms with Crippen molar-refractivity contribution in [1.29, 1.82) is 0 Å². The van der Waals surface area contributed by atoms with Crippen LogP contribution in [0.25, 0.3) is 0 Å². The van der Waals surface area contributed by atoms with Gasteiger partial charge in [-0.1, -0.05) is 20.8 Å². The lowest BCUT2D eigenvalue weighted by molar-refractivity contribution is 0.189. The number of nitrogens with one attached hydrogen (secondary N) is 2. The molecule has 0 aliphatic carbocycles. The average Bonchev–Trinajstić information content (AvgIpc) is 2.47. The van der Waals surface area contributed by atoms with Gasteiger partial charge in [-0.05, 0) is 64.1 Å². The number of rotatable bonds is 7. The molecule has 4 heteroatoms. The van der Waals surface area contributed by atoms with E-state index in [1.165, 1.54) is 45.3 Å². The van der Waals surface area contributed by atoms with Crippen molar-refractivity contribution < 1.29 is 0 Å². The van der Waals surface area contributed by atoms with E-state index in [1.54, 1.807) is 0 Å². The Hall–Kier alpha value is -0.770. The van der Waals surface area contributed by atoms with Crippen LogP contribution in [0.1, 0.15) is 53.4 Å². The maximum Gasteiger partial charge on any atom is 0.191 e. The zero-order chi connectivity index (χ0) is 15.7. The molecule has 21 heavy (non-hydrogen) atoms. The molecule has 1 fully saturated rings. The summed E-state index contributed by atoms with van der Waals surface area (Å²) in [6.45, 7) is 13.9. The van der Waals surface area contributed by atoms with Gasteiger partial charge >= 0.3 is 0 Å². The molecule has 1 saturated heterocycles. The molecule has 4 nitrogen and oxygen atoms in total. The van der Waals surface area contributed by atoms with Crippen LogP contribution in [0.5, 0.6) is 0 Å². The van der Waals surface area contributed by atoms with Crippen LogP contribution in [-0.2, 0) is 0 Å². The summed E-state index contributed by atoms with van der Waals surface area (Å²) in [5.74, 6) is 2.48. The molecule has 0 aromatic carbocycles. The molecule has 1 atom stereocenters. The molecule has 0 aromatic rings. The predicted molar refractivity (Wildman–Crippen MR) is 92.9 cm³/mol. The molecule has 0 saturated carbocycles. The lowest BCUT2D eigenvalue weighted by Crippen LogP contribution is -2.44. The lowest BCUT2D eigenvalue weighted by Gasteiger charge is -2.30. The molecule has 1 aliphatic heterocycles. The quantitative estimate of drug-likeness (QED) is 0.431. The molecule has 0 aromatic heterocycles. The third kappa shape index (κ3) is 7.70. The zero-order valence-corrected chi connectivity index (χ0v) is 14.8. The second kappa shape index (κ2) is 10.0. The van der Waals surface area contributed by atoms with Crippen molar-refractivity contribution in [2.75, 3.05) is 33.2 Å². The van der Waals surface area contributed by atoms with Crippen molar-refractivity contribution in [3.8, 4) is 0 Å². The smallest absolute Gasteiger partial charge is 0.191 e. The summed E-state index contributed by atoms with van der Waals surface area (Å²) in [4.78, 5) is 6.91. The number of guanidine groups is 1. The van der Waals surface area contributed by atoms with Gasteiger partial charge in [-0.3, -0.25) is 4.99 Å². The van der Waals surface area contributed by atoms with Gasteiger partial charge in [0.25, 0.3) is 0 Å². The number of unbranched alkanes of at least 4 members (excludes halogenated alkanes) is 1. The van der Waals surface area contributed by atoms with Crippen LogP contribution in [0.3, 0.4) is 0 Å². The molecule has 0 bridgehead atoms. The van der Waals surface area contributed by atoms with Gasteiger partial charge in [0, 0.05) is 19.6 Å². The van der Waals surface area contributed by atoms with Gasteiger partial charge < -0.3 is 15.5 Å². The molecule has 0 spiro atoms. The Balaban J connectivity index is 2.07. The first-order valence-electron chi connectivity index (χ1n) is 8.72. The number of hydrogen-bond acceptors (Lipinski definition) is 2. The highest BCUT2D eigenvalue weighted by molar-refractivity contribution is 5.79. The highest BCUT2D eigenvalue weighted by Crippen LogP contribution is 2.15. The van der Waals surface area contributed by atoms with Gasteiger partial charge in [-0.15, -0.1) is 0 Å². The maximum absolute atomic E-state index is 4.29. The number of hydrogen-bond donors (Lipinski definition) is 2. The van der Waals surface area contributed by atoms with Crippen molar-refractivity contribution >= 4 is 5.96 Å². The Morgan fingerprint density at radius 2 is 1.86 bits per heavy atom. The highest BCUT2D eigenvalue weighted by Gasteiger charge is 2.14. The summed E-state index contributed by atoms with van der Waals surface area (Å²) in [5, 5.41) is 6.86. The fraction of sp³-hybridized carbons (Fsp3) is 0.941. The Kier molecular flexibility index (Phi) is 8.74. The topological polar surface area (TPSA) is 39.7 Å². The molecule has 1 unspecified atom stereocenters. The van der Waals surface area contributed by atoms with Crippen LogP contribution >= 0.6 is 0 Å². The summed E-state index contributed by atoms with van der Waals surface area (Å²) in [7, 11) is 1.84. The molecular formula is C17H36N4. The molecule has 1 aliphatic rings. The second-order valence-electron chi connectivity index (χ2n) is 6.91. The van der Waals surface area contributed by atoms with E-state index in [2.05, 4.69) is 48.2 Å². The average molecular weight is 297 g/mol. The summed E-state index contributed by atoms with van der Waals surface area (Å²) in [6.07, 6.45) is 5.24. The van der Waals surface area contributed by atoms with E-state index in [0.29, 0.717) is 12.0 Å². The van der Waals surface area contributed by atoms with Crippen molar-refractivity contribution in [1.82, 2.24) is 15.5 Å². The van der Waals surface area contributed by atoms with E-state index in [1.807, 2.05) is 7.05 Å². The van der Waals surface area contributed by atoms with Crippen LogP contribution in [0.2, 0.25) is 0 Å². The first-order chi connectivity index (χ1) is 10.0. The van der Waals surface area contributed by atoms with Crippen molar-refractivity contribution in [3.63, 3.8) is 0 Å². The Morgan fingerprint density at radius 3 is 2.43 bits per heavy atom. The largest absolute Gasteiger partial charge is 0.356 e. The number of piperidine rings is 1. The summed E-state index contributed by atoms with van der Waals surface area (Å²) in [6, 6.07) is 0.450. The first kappa shape index (κ1) is 18.3. The van der Waals surface area contributed by atoms with Gasteiger partial charge in [0.15, 0.2) is 5.96 Å². The van der Waals surface area contributed by atoms with E-state index in [9.17, 15) is 0 Å². The van der Waals surface area contributed by atoms with E-state index >= 15 is 0 Å². The molecule has 124 valence electrons. The third-order valence-electron chi connectivity index (χ3n) is 4.66. The fourth-order valence-electron chi connectivity index (χ4n) is 2.53. The second-order valence-corrected chi connectivity index (χ2v) is 6.91. The molecule has 0 amide bonds. The summed E-state index contributed by atoms with van der Waals surface area (Å²) in [5.41, 5.74) is 0. The molecule has 1 rings (SSSR count). The minimum absolute atomic E-state index is 0.450. The minimum Gasteiger partial charge on any atom is -0.356 e. The number of nitrogens with zero attached hydrogens (tertiary/aromatic N) is 2. The molecule has 1 heterocycles. The lowest BCUT2D eigenvalue weighted by atomic mass is 9.99. The predicted octanol–water partition coefficient (Wildman–Crippen LogP) is 2.71. The van der Waals surface area contributed by atoms with Gasteiger partial charge in [-0.2, -0.15) is 0 Å². The van der Waals surface area contributed by atoms with Gasteiger partial charge in [-0.25, -0.2) is 0 Å². The monoisotopic (exact) mass is 296 g/mol. The van der Waals surface area contributed by atoms with Gasteiger partial charge in [0.05, 0.1) is 0 Å². The fourth-order valence-corrected chi connectivity index (χ4v) is 2.53. The van der Waals surface area contributed by atoms with Gasteiger partial charge in [0.2, 0.25) is 0 Å². The summed E-state index contributed by atoms with van der Waals surface area (Å²) < 4.78 is 0.